The van der Waals surface area contributed by atoms with Crippen LogP contribution in [0.2, 0.25) is 5.02 Å². The molecule has 0 unspecified atom stereocenters. The Bertz CT molecular complexity index is 859. The van der Waals surface area contributed by atoms with Crippen molar-refractivity contribution in [3.8, 4) is 0 Å². The lowest BCUT2D eigenvalue weighted by molar-refractivity contribution is -0.115. The summed E-state index contributed by atoms with van der Waals surface area (Å²) in [6.07, 6.45) is 0.328. The monoisotopic (exact) mass is 369 g/mol. The molecule has 2 aliphatic rings. The Morgan fingerprint density at radius 2 is 1.92 bits per heavy atom. The Hall–Kier alpha value is -2.24. The number of hydrogen-bond acceptors (Lipinski definition) is 4. The van der Waals surface area contributed by atoms with Gasteiger partial charge in [0.2, 0.25) is 5.91 Å². The standard InChI is InChI=1S/C19H16ClN3OS/c20-15-5-1-13(2-6-15)11-18(24)22-16-7-3-14(4-8-16)17-12-25-19-21-9-10-23(17)19/h1-8,12H,9-11H2,(H,22,24). The molecule has 0 aliphatic carbocycles. The molecule has 0 spiro atoms. The first-order valence-electron chi connectivity index (χ1n) is 8.02. The highest BCUT2D eigenvalue weighted by Crippen LogP contribution is 2.35. The van der Waals surface area contributed by atoms with E-state index < -0.39 is 0 Å². The van der Waals surface area contributed by atoms with E-state index in [9.17, 15) is 4.79 Å². The first kappa shape index (κ1) is 16.2. The molecule has 1 N–H and O–H groups in total. The van der Waals surface area contributed by atoms with Crippen LogP contribution >= 0.6 is 23.4 Å². The first-order chi connectivity index (χ1) is 12.2. The van der Waals surface area contributed by atoms with Crippen molar-refractivity contribution in [1.29, 1.82) is 0 Å². The highest BCUT2D eigenvalue weighted by Gasteiger charge is 2.26. The Morgan fingerprint density at radius 3 is 2.68 bits per heavy atom. The van der Waals surface area contributed by atoms with Crippen molar-refractivity contribution in [2.75, 3.05) is 18.4 Å². The third-order valence-electron chi connectivity index (χ3n) is 4.11. The second-order valence-corrected chi connectivity index (χ2v) is 7.14. The third-order valence-corrected chi connectivity index (χ3v) is 5.26. The van der Waals surface area contributed by atoms with Gasteiger partial charge in [-0.05, 0) is 35.4 Å². The Kier molecular flexibility index (Phi) is 4.51. The van der Waals surface area contributed by atoms with Gasteiger partial charge in [-0.2, -0.15) is 0 Å². The number of rotatable bonds is 4. The molecule has 2 aromatic carbocycles. The van der Waals surface area contributed by atoms with Crippen molar-refractivity contribution in [2.45, 2.75) is 6.42 Å². The maximum atomic E-state index is 12.2. The minimum absolute atomic E-state index is 0.0420. The van der Waals surface area contributed by atoms with Crippen molar-refractivity contribution in [2.24, 2.45) is 4.99 Å². The fourth-order valence-electron chi connectivity index (χ4n) is 2.86. The van der Waals surface area contributed by atoms with Gasteiger partial charge in [-0.3, -0.25) is 9.79 Å². The molecule has 0 fully saturated rings. The van der Waals surface area contributed by atoms with Crippen LogP contribution in [0.25, 0.3) is 5.70 Å². The topological polar surface area (TPSA) is 44.7 Å². The van der Waals surface area contributed by atoms with Crippen molar-refractivity contribution in [3.63, 3.8) is 0 Å². The second kappa shape index (κ2) is 6.94. The van der Waals surface area contributed by atoms with Crippen molar-refractivity contribution in [1.82, 2.24) is 4.90 Å². The maximum Gasteiger partial charge on any atom is 0.228 e. The summed E-state index contributed by atoms with van der Waals surface area (Å²) in [6, 6.07) is 15.3. The van der Waals surface area contributed by atoms with Gasteiger partial charge in [0.15, 0.2) is 5.17 Å². The fourth-order valence-corrected chi connectivity index (χ4v) is 3.95. The molecule has 2 heterocycles. The van der Waals surface area contributed by atoms with E-state index in [1.165, 1.54) is 5.70 Å². The normalized spacial score (nSPS) is 15.6. The van der Waals surface area contributed by atoms with Crippen LogP contribution in [0.3, 0.4) is 0 Å². The summed E-state index contributed by atoms with van der Waals surface area (Å²) >= 11 is 7.53. The lowest BCUT2D eigenvalue weighted by Gasteiger charge is -2.16. The second-order valence-electron chi connectivity index (χ2n) is 5.87. The summed E-state index contributed by atoms with van der Waals surface area (Å²) in [5.74, 6) is -0.0420. The van der Waals surface area contributed by atoms with E-state index in [2.05, 4.69) is 20.6 Å². The van der Waals surface area contributed by atoms with Crippen LogP contribution in [0.15, 0.2) is 58.9 Å². The molecule has 4 nitrogen and oxygen atoms in total. The molecule has 2 aliphatic heterocycles. The minimum atomic E-state index is -0.0420. The van der Waals surface area contributed by atoms with E-state index in [0.717, 1.165) is 35.1 Å². The molecule has 0 atom stereocenters. The number of thioether (sulfide) groups is 1. The molecule has 6 heteroatoms. The van der Waals surface area contributed by atoms with Gasteiger partial charge < -0.3 is 10.2 Å². The predicted octanol–water partition coefficient (Wildman–Crippen LogP) is 4.24. The number of carbonyl (C=O) groups is 1. The van der Waals surface area contributed by atoms with Crippen LogP contribution in [0, 0.1) is 0 Å². The number of nitrogens with zero attached hydrogens (tertiary/aromatic N) is 2. The molecule has 0 saturated carbocycles. The third kappa shape index (κ3) is 3.57. The van der Waals surface area contributed by atoms with Crippen LogP contribution in [0.1, 0.15) is 11.1 Å². The predicted molar refractivity (Wildman–Crippen MR) is 105 cm³/mol. The number of benzene rings is 2. The van der Waals surface area contributed by atoms with Crippen molar-refractivity contribution < 1.29 is 4.79 Å². The zero-order valence-corrected chi connectivity index (χ0v) is 15.0. The summed E-state index contributed by atoms with van der Waals surface area (Å²) in [7, 11) is 0. The first-order valence-corrected chi connectivity index (χ1v) is 9.28. The van der Waals surface area contributed by atoms with Gasteiger partial charge in [0.1, 0.15) is 0 Å². The van der Waals surface area contributed by atoms with Crippen molar-refractivity contribution in [3.05, 3.63) is 70.1 Å². The number of carbonyl (C=O) groups excluding carboxylic acids is 1. The molecule has 0 aromatic heterocycles. The molecule has 0 bridgehead atoms. The van der Waals surface area contributed by atoms with Crippen LogP contribution in [0.5, 0.6) is 0 Å². The molecular weight excluding hydrogens is 354 g/mol. The van der Waals surface area contributed by atoms with Gasteiger partial charge in [0.25, 0.3) is 0 Å². The number of hydrogen-bond donors (Lipinski definition) is 1. The number of amides is 1. The molecule has 25 heavy (non-hydrogen) atoms. The Morgan fingerprint density at radius 1 is 1.16 bits per heavy atom. The smallest absolute Gasteiger partial charge is 0.228 e. The largest absolute Gasteiger partial charge is 0.326 e. The Labute approximate surface area is 155 Å². The zero-order valence-electron chi connectivity index (χ0n) is 13.4. The summed E-state index contributed by atoms with van der Waals surface area (Å²) in [5.41, 5.74) is 4.05. The molecule has 1 amide bonds. The lowest BCUT2D eigenvalue weighted by atomic mass is 10.1. The highest BCUT2D eigenvalue weighted by atomic mass is 35.5. The number of nitrogens with one attached hydrogen (secondary N) is 1. The summed E-state index contributed by atoms with van der Waals surface area (Å²) in [5, 5.41) is 6.82. The van der Waals surface area contributed by atoms with Gasteiger partial charge in [0, 0.05) is 22.7 Å². The van der Waals surface area contributed by atoms with Crippen LogP contribution in [-0.4, -0.2) is 29.1 Å². The number of halogens is 1. The number of anilines is 1. The van der Waals surface area contributed by atoms with Gasteiger partial charge in [-0.1, -0.05) is 47.6 Å². The fraction of sp³-hybridized carbons (Fsp3) is 0.158. The minimum Gasteiger partial charge on any atom is -0.326 e. The number of aliphatic imine (C=N–C) groups is 1. The number of fused-ring (bicyclic) bond motifs is 1. The van der Waals surface area contributed by atoms with E-state index in [1.54, 1.807) is 23.9 Å². The molecule has 0 saturated heterocycles. The van der Waals surface area contributed by atoms with Gasteiger partial charge in [0.05, 0.1) is 18.7 Å². The van der Waals surface area contributed by atoms with E-state index in [1.807, 2.05) is 36.4 Å². The summed E-state index contributed by atoms with van der Waals surface area (Å²) < 4.78 is 0. The average Bonchev–Trinajstić information content (AvgIpc) is 3.21. The molecule has 4 rings (SSSR count). The number of amidine groups is 1. The van der Waals surface area contributed by atoms with Crippen LogP contribution in [0.4, 0.5) is 5.69 Å². The zero-order chi connectivity index (χ0) is 17.2. The van der Waals surface area contributed by atoms with Gasteiger partial charge in [-0.25, -0.2) is 0 Å². The molecule has 0 radical (unpaired) electrons. The van der Waals surface area contributed by atoms with Crippen molar-refractivity contribution >= 4 is 45.8 Å². The van der Waals surface area contributed by atoms with Gasteiger partial charge in [-0.15, -0.1) is 0 Å². The van der Waals surface area contributed by atoms with Crippen LogP contribution in [-0.2, 0) is 11.2 Å². The van der Waals surface area contributed by atoms with E-state index in [0.29, 0.717) is 11.4 Å². The summed E-state index contributed by atoms with van der Waals surface area (Å²) in [6.45, 7) is 1.80. The molecule has 2 aromatic rings. The highest BCUT2D eigenvalue weighted by molar-refractivity contribution is 8.16. The molecular formula is C19H16ClN3OS. The SMILES string of the molecule is O=C(Cc1ccc(Cl)cc1)Nc1ccc(C2=CSC3=NCCN23)cc1. The van der Waals surface area contributed by atoms with E-state index in [4.69, 9.17) is 11.6 Å². The summed E-state index contributed by atoms with van der Waals surface area (Å²) in [4.78, 5) is 18.9. The Balaban J connectivity index is 1.40. The quantitative estimate of drug-likeness (QED) is 0.876. The maximum absolute atomic E-state index is 12.2. The average molecular weight is 370 g/mol. The van der Waals surface area contributed by atoms with E-state index >= 15 is 0 Å². The van der Waals surface area contributed by atoms with Crippen LogP contribution < -0.4 is 5.32 Å². The van der Waals surface area contributed by atoms with E-state index in [-0.39, 0.29) is 5.91 Å². The lowest BCUT2D eigenvalue weighted by Crippen LogP contribution is -2.19. The molecule has 126 valence electrons. The van der Waals surface area contributed by atoms with Gasteiger partial charge >= 0.3 is 0 Å².